The second-order valence-electron chi connectivity index (χ2n) is 7.47. The summed E-state index contributed by atoms with van der Waals surface area (Å²) in [7, 11) is 1.56. The highest BCUT2D eigenvalue weighted by molar-refractivity contribution is 5.90. The second kappa shape index (κ2) is 8.07. The van der Waals surface area contributed by atoms with E-state index >= 15 is 0 Å². The number of amides is 2. The summed E-state index contributed by atoms with van der Waals surface area (Å²) in [6.07, 6.45) is 1.31. The average Bonchev–Trinajstić information content (AvgIpc) is 3.47. The van der Waals surface area contributed by atoms with Crippen LogP contribution >= 0.6 is 0 Å². The van der Waals surface area contributed by atoms with E-state index in [1.807, 2.05) is 24.3 Å². The summed E-state index contributed by atoms with van der Waals surface area (Å²) in [5, 5.41) is 19.2. The Hall–Kier alpha value is -3.93. The molecular formula is C22H22N6O3. The van der Waals surface area contributed by atoms with Crippen LogP contribution < -0.4 is 15.4 Å². The molecule has 2 heterocycles. The lowest BCUT2D eigenvalue weighted by Gasteiger charge is -2.12. The first-order chi connectivity index (χ1) is 15.0. The smallest absolute Gasteiger partial charge is 0.234 e. The fourth-order valence-electron chi connectivity index (χ4n) is 3.50. The van der Waals surface area contributed by atoms with Crippen molar-refractivity contribution in [3.63, 3.8) is 0 Å². The molecule has 0 spiro atoms. The summed E-state index contributed by atoms with van der Waals surface area (Å²) in [5.41, 5.74) is 1.97. The van der Waals surface area contributed by atoms with Gasteiger partial charge in [-0.1, -0.05) is 12.1 Å². The van der Waals surface area contributed by atoms with Crippen LogP contribution in [-0.2, 0) is 15.0 Å². The molecule has 1 aromatic carbocycles. The van der Waals surface area contributed by atoms with E-state index in [4.69, 9.17) is 10.00 Å². The number of nitrogens with zero attached hydrogens (tertiary/aromatic N) is 4. The SMILES string of the molecule is COc1ccc(-c2ccc(C#N)cc2)n2nc(C3(C(=O)NCCNC(C)=O)CC3)nc12. The molecule has 2 aromatic heterocycles. The van der Waals surface area contributed by atoms with Crippen molar-refractivity contribution in [1.29, 1.82) is 5.26 Å². The van der Waals surface area contributed by atoms with E-state index in [1.165, 1.54) is 6.92 Å². The van der Waals surface area contributed by atoms with Crippen LogP contribution in [0.15, 0.2) is 36.4 Å². The molecule has 31 heavy (non-hydrogen) atoms. The number of hydrogen-bond acceptors (Lipinski definition) is 6. The Bertz CT molecular complexity index is 1190. The lowest BCUT2D eigenvalue weighted by molar-refractivity contribution is -0.124. The number of aromatic nitrogens is 3. The van der Waals surface area contributed by atoms with E-state index in [-0.39, 0.29) is 11.8 Å². The quantitative estimate of drug-likeness (QED) is 0.562. The lowest BCUT2D eigenvalue weighted by atomic mass is 10.1. The van der Waals surface area contributed by atoms with Crippen molar-refractivity contribution in [3.05, 3.63) is 47.8 Å². The van der Waals surface area contributed by atoms with Crippen molar-refractivity contribution < 1.29 is 14.3 Å². The van der Waals surface area contributed by atoms with Gasteiger partial charge in [-0.25, -0.2) is 9.50 Å². The largest absolute Gasteiger partial charge is 0.493 e. The molecule has 1 saturated carbocycles. The maximum atomic E-state index is 12.9. The third-order valence-electron chi connectivity index (χ3n) is 5.38. The van der Waals surface area contributed by atoms with Gasteiger partial charge in [-0.15, -0.1) is 5.10 Å². The molecule has 9 nitrogen and oxygen atoms in total. The number of carbonyl (C=O) groups excluding carboxylic acids is 2. The Balaban J connectivity index is 1.67. The number of nitrogens with one attached hydrogen (secondary N) is 2. The van der Waals surface area contributed by atoms with Crippen LogP contribution in [0.25, 0.3) is 16.9 Å². The minimum atomic E-state index is -0.769. The predicted molar refractivity (Wildman–Crippen MR) is 112 cm³/mol. The maximum Gasteiger partial charge on any atom is 0.234 e. The van der Waals surface area contributed by atoms with Gasteiger partial charge in [0.25, 0.3) is 0 Å². The van der Waals surface area contributed by atoms with Gasteiger partial charge in [-0.3, -0.25) is 9.59 Å². The van der Waals surface area contributed by atoms with E-state index in [0.717, 1.165) is 11.3 Å². The summed E-state index contributed by atoms with van der Waals surface area (Å²) in [6, 6.07) is 13.0. The van der Waals surface area contributed by atoms with E-state index in [0.29, 0.717) is 48.7 Å². The highest BCUT2D eigenvalue weighted by atomic mass is 16.5. The monoisotopic (exact) mass is 418 g/mol. The summed E-state index contributed by atoms with van der Waals surface area (Å²) in [5.74, 6) is 0.717. The zero-order valence-corrected chi connectivity index (χ0v) is 17.3. The van der Waals surface area contributed by atoms with Crippen LogP contribution in [0.1, 0.15) is 31.2 Å². The Morgan fingerprint density at radius 3 is 2.48 bits per heavy atom. The Morgan fingerprint density at radius 1 is 1.16 bits per heavy atom. The van der Waals surface area contributed by atoms with Gasteiger partial charge >= 0.3 is 0 Å². The van der Waals surface area contributed by atoms with Crippen molar-refractivity contribution in [2.24, 2.45) is 0 Å². The van der Waals surface area contributed by atoms with Crippen molar-refractivity contribution in [2.45, 2.75) is 25.2 Å². The van der Waals surface area contributed by atoms with E-state index in [1.54, 1.807) is 23.8 Å². The predicted octanol–water partition coefficient (Wildman–Crippen LogP) is 1.56. The normalized spacial score (nSPS) is 14.0. The maximum absolute atomic E-state index is 12.9. The third-order valence-corrected chi connectivity index (χ3v) is 5.38. The van der Waals surface area contributed by atoms with E-state index < -0.39 is 5.41 Å². The van der Waals surface area contributed by atoms with Gasteiger partial charge in [-0.2, -0.15) is 5.26 Å². The Labute approximate surface area is 179 Å². The van der Waals surface area contributed by atoms with Gasteiger partial charge in [0, 0.05) is 25.6 Å². The van der Waals surface area contributed by atoms with Crippen LogP contribution in [-0.4, -0.2) is 46.6 Å². The van der Waals surface area contributed by atoms with Gasteiger partial charge in [0.15, 0.2) is 17.2 Å². The summed E-state index contributed by atoms with van der Waals surface area (Å²) >= 11 is 0. The number of benzene rings is 1. The van der Waals surface area contributed by atoms with Crippen molar-refractivity contribution in [2.75, 3.05) is 20.2 Å². The molecule has 4 rings (SSSR count). The first kappa shape index (κ1) is 20.3. The molecule has 158 valence electrons. The standard InChI is InChI=1S/C22H22N6O3/c1-14(29)24-11-12-25-21(30)22(9-10-22)20-26-19-18(31-2)8-7-17(28(19)27-20)16-5-3-15(13-23)4-6-16/h3-8H,9-12H2,1-2H3,(H,24,29)(H,25,30). The minimum absolute atomic E-state index is 0.139. The van der Waals surface area contributed by atoms with Crippen LogP contribution in [0.2, 0.25) is 0 Å². The lowest BCUT2D eigenvalue weighted by Crippen LogP contribution is -2.39. The second-order valence-corrected chi connectivity index (χ2v) is 7.47. The Morgan fingerprint density at radius 2 is 1.87 bits per heavy atom. The number of nitriles is 1. The molecule has 9 heteroatoms. The number of hydrogen-bond donors (Lipinski definition) is 2. The molecule has 3 aromatic rings. The van der Waals surface area contributed by atoms with Crippen molar-refractivity contribution in [3.8, 4) is 23.1 Å². The number of ether oxygens (including phenoxy) is 1. The topological polar surface area (TPSA) is 121 Å². The fourth-order valence-corrected chi connectivity index (χ4v) is 3.50. The molecule has 1 fully saturated rings. The van der Waals surface area contributed by atoms with Crippen LogP contribution in [0.5, 0.6) is 5.75 Å². The summed E-state index contributed by atoms with van der Waals surface area (Å²) in [6.45, 7) is 2.14. The molecule has 0 atom stereocenters. The Kier molecular flexibility index (Phi) is 5.29. The van der Waals surface area contributed by atoms with Gasteiger partial charge < -0.3 is 15.4 Å². The number of pyridine rings is 1. The number of carbonyl (C=O) groups is 2. The van der Waals surface area contributed by atoms with Crippen LogP contribution in [0.3, 0.4) is 0 Å². The van der Waals surface area contributed by atoms with E-state index in [9.17, 15) is 9.59 Å². The first-order valence-corrected chi connectivity index (χ1v) is 9.96. The molecule has 0 bridgehead atoms. The molecule has 0 radical (unpaired) electrons. The van der Waals surface area contributed by atoms with Crippen molar-refractivity contribution >= 4 is 17.5 Å². The molecule has 0 unspecified atom stereocenters. The molecule has 2 amide bonds. The third kappa shape index (κ3) is 3.80. The zero-order chi connectivity index (χ0) is 22.0. The summed E-state index contributed by atoms with van der Waals surface area (Å²) in [4.78, 5) is 28.5. The highest BCUT2D eigenvalue weighted by Crippen LogP contribution is 2.47. The molecule has 1 aliphatic carbocycles. The molecule has 0 aliphatic heterocycles. The minimum Gasteiger partial charge on any atom is -0.493 e. The molecule has 1 aliphatic rings. The van der Waals surface area contributed by atoms with E-state index in [2.05, 4.69) is 26.8 Å². The van der Waals surface area contributed by atoms with Gasteiger partial charge in [0.05, 0.1) is 24.4 Å². The molecule has 2 N–H and O–H groups in total. The van der Waals surface area contributed by atoms with Crippen molar-refractivity contribution in [1.82, 2.24) is 25.2 Å². The zero-order valence-electron chi connectivity index (χ0n) is 17.3. The van der Waals surface area contributed by atoms with Gasteiger partial charge in [-0.05, 0) is 37.1 Å². The average molecular weight is 418 g/mol. The molecular weight excluding hydrogens is 396 g/mol. The highest BCUT2D eigenvalue weighted by Gasteiger charge is 2.54. The van der Waals surface area contributed by atoms with Crippen LogP contribution in [0, 0.1) is 11.3 Å². The first-order valence-electron chi connectivity index (χ1n) is 9.96. The van der Waals surface area contributed by atoms with Gasteiger partial charge in [0.2, 0.25) is 11.8 Å². The number of methoxy groups -OCH3 is 1. The fraction of sp³-hybridized carbons (Fsp3) is 0.318. The van der Waals surface area contributed by atoms with Crippen LogP contribution in [0.4, 0.5) is 0 Å². The summed E-state index contributed by atoms with van der Waals surface area (Å²) < 4.78 is 7.14. The number of rotatable bonds is 7. The number of fused-ring (bicyclic) bond motifs is 1. The van der Waals surface area contributed by atoms with Gasteiger partial charge in [0.1, 0.15) is 5.41 Å². The molecule has 0 saturated heterocycles.